The number of nitrogens with zero attached hydrogens (tertiary/aromatic N) is 1. The van der Waals surface area contributed by atoms with E-state index in [0.29, 0.717) is 5.56 Å². The van der Waals surface area contributed by atoms with Crippen molar-refractivity contribution in [1.82, 2.24) is 4.98 Å². The molecule has 134 valence electrons. The minimum atomic E-state index is -0.614. The first-order chi connectivity index (χ1) is 11.9. The van der Waals surface area contributed by atoms with Gasteiger partial charge in [-0.05, 0) is 25.5 Å². The number of aryl methyl sites for hydroxylation is 1. The summed E-state index contributed by atoms with van der Waals surface area (Å²) in [5.41, 5.74) is 1.20. The van der Waals surface area contributed by atoms with Crippen LogP contribution in [0.15, 0.2) is 18.5 Å². The third-order valence-corrected chi connectivity index (χ3v) is 4.01. The molecule has 25 heavy (non-hydrogen) atoms. The Balaban J connectivity index is 1.58. The predicted octanol–water partition coefficient (Wildman–Crippen LogP) is 0.604. The third kappa shape index (κ3) is 4.02. The molecule has 8 nitrogen and oxygen atoms in total. The van der Waals surface area contributed by atoms with Crippen LogP contribution >= 0.6 is 0 Å². The van der Waals surface area contributed by atoms with Crippen molar-refractivity contribution in [2.75, 3.05) is 13.2 Å². The second-order valence-corrected chi connectivity index (χ2v) is 6.20. The average Bonchev–Trinajstić information content (AvgIpc) is 3.10. The Hall–Kier alpha value is -2.32. The van der Waals surface area contributed by atoms with Crippen LogP contribution in [-0.2, 0) is 28.5 Å². The van der Waals surface area contributed by atoms with Crippen molar-refractivity contribution in [3.63, 3.8) is 0 Å². The summed E-state index contributed by atoms with van der Waals surface area (Å²) in [6.07, 6.45) is 0.583. The Bertz CT molecular complexity index is 689. The standard InChI is InChI=1S/C17H19NO7/c1-9-3-11(6-18-5-9)17(21)25-13-8-23-15-12(7-22-16(13)15)24-14(20)4-10(2)19/h3,5-6,12-13,15-16H,4,7-8H2,1-2H3/t12-,13+,15-,16-/m1/s1. The molecule has 0 bridgehead atoms. The van der Waals surface area contributed by atoms with Gasteiger partial charge in [0.25, 0.3) is 0 Å². The number of Topliss-reactive ketones (excluding diaryl/α,β-unsaturated/α-hetero) is 1. The van der Waals surface area contributed by atoms with Crippen LogP contribution in [0.1, 0.15) is 29.3 Å². The molecule has 0 saturated carbocycles. The number of hydrogen-bond donors (Lipinski definition) is 0. The number of ether oxygens (including phenoxy) is 4. The quantitative estimate of drug-likeness (QED) is 0.563. The number of esters is 2. The molecule has 0 unspecified atom stereocenters. The smallest absolute Gasteiger partial charge is 0.340 e. The molecule has 2 fully saturated rings. The summed E-state index contributed by atoms with van der Waals surface area (Å²) in [6.45, 7) is 3.44. The fourth-order valence-electron chi connectivity index (χ4n) is 2.92. The van der Waals surface area contributed by atoms with Crippen LogP contribution in [0, 0.1) is 6.92 Å². The van der Waals surface area contributed by atoms with Crippen LogP contribution in [0.5, 0.6) is 0 Å². The number of ketones is 1. The van der Waals surface area contributed by atoms with E-state index in [1.54, 1.807) is 12.3 Å². The van der Waals surface area contributed by atoms with Crippen molar-refractivity contribution in [1.29, 1.82) is 0 Å². The summed E-state index contributed by atoms with van der Waals surface area (Å²) in [6, 6.07) is 1.68. The fourth-order valence-corrected chi connectivity index (χ4v) is 2.92. The van der Waals surface area contributed by atoms with E-state index in [2.05, 4.69) is 4.98 Å². The lowest BCUT2D eigenvalue weighted by Crippen LogP contribution is -2.36. The summed E-state index contributed by atoms with van der Waals surface area (Å²) < 4.78 is 21.9. The maximum absolute atomic E-state index is 12.2. The van der Waals surface area contributed by atoms with E-state index < -0.39 is 36.4 Å². The second-order valence-electron chi connectivity index (χ2n) is 6.20. The lowest BCUT2D eigenvalue weighted by Gasteiger charge is -2.17. The van der Waals surface area contributed by atoms with Crippen molar-refractivity contribution in [2.45, 2.75) is 44.7 Å². The predicted molar refractivity (Wildman–Crippen MR) is 82.8 cm³/mol. The van der Waals surface area contributed by atoms with Crippen molar-refractivity contribution in [3.8, 4) is 0 Å². The third-order valence-electron chi connectivity index (χ3n) is 4.01. The molecule has 2 aliphatic rings. The summed E-state index contributed by atoms with van der Waals surface area (Å²) in [7, 11) is 0. The Labute approximate surface area is 144 Å². The van der Waals surface area contributed by atoms with Gasteiger partial charge in [-0.2, -0.15) is 0 Å². The maximum Gasteiger partial charge on any atom is 0.340 e. The van der Waals surface area contributed by atoms with Gasteiger partial charge in [0.15, 0.2) is 12.2 Å². The van der Waals surface area contributed by atoms with Gasteiger partial charge in [0, 0.05) is 12.4 Å². The molecular formula is C17H19NO7. The minimum Gasteiger partial charge on any atom is -0.457 e. The first-order valence-corrected chi connectivity index (χ1v) is 7.99. The molecule has 3 heterocycles. The zero-order valence-electron chi connectivity index (χ0n) is 14.0. The number of fused-ring (bicyclic) bond motifs is 1. The van der Waals surface area contributed by atoms with Gasteiger partial charge in [-0.25, -0.2) is 4.79 Å². The molecule has 1 aromatic rings. The average molecular weight is 349 g/mol. The normalized spacial score (nSPS) is 27.6. The van der Waals surface area contributed by atoms with Gasteiger partial charge in [0.1, 0.15) is 24.4 Å². The highest BCUT2D eigenvalue weighted by Gasteiger charge is 2.51. The highest BCUT2D eigenvalue weighted by Crippen LogP contribution is 2.31. The lowest BCUT2D eigenvalue weighted by molar-refractivity contribution is -0.155. The van der Waals surface area contributed by atoms with E-state index in [1.807, 2.05) is 6.92 Å². The highest BCUT2D eigenvalue weighted by molar-refractivity contribution is 5.94. The van der Waals surface area contributed by atoms with E-state index in [4.69, 9.17) is 18.9 Å². The van der Waals surface area contributed by atoms with Crippen LogP contribution in [0.25, 0.3) is 0 Å². The van der Waals surface area contributed by atoms with Crippen LogP contribution in [0.4, 0.5) is 0 Å². The molecule has 0 aliphatic carbocycles. The zero-order chi connectivity index (χ0) is 18.0. The van der Waals surface area contributed by atoms with Crippen LogP contribution in [0.3, 0.4) is 0 Å². The molecule has 2 saturated heterocycles. The molecule has 4 atom stereocenters. The topological polar surface area (TPSA) is 101 Å². The molecular weight excluding hydrogens is 330 g/mol. The minimum absolute atomic E-state index is 0.138. The number of aromatic nitrogens is 1. The molecule has 1 aromatic heterocycles. The van der Waals surface area contributed by atoms with Crippen molar-refractivity contribution in [2.24, 2.45) is 0 Å². The molecule has 0 aromatic carbocycles. The largest absolute Gasteiger partial charge is 0.457 e. The summed E-state index contributed by atoms with van der Waals surface area (Å²) in [5, 5.41) is 0. The van der Waals surface area contributed by atoms with Crippen LogP contribution in [0.2, 0.25) is 0 Å². The zero-order valence-corrected chi connectivity index (χ0v) is 14.0. The van der Waals surface area contributed by atoms with Crippen molar-refractivity contribution < 1.29 is 33.3 Å². The Morgan fingerprint density at radius 1 is 1.12 bits per heavy atom. The molecule has 0 amide bonds. The van der Waals surface area contributed by atoms with E-state index >= 15 is 0 Å². The van der Waals surface area contributed by atoms with Gasteiger partial charge in [0.2, 0.25) is 0 Å². The molecule has 3 rings (SSSR count). The lowest BCUT2D eigenvalue weighted by atomic mass is 10.1. The van der Waals surface area contributed by atoms with Gasteiger partial charge in [-0.15, -0.1) is 0 Å². The van der Waals surface area contributed by atoms with Crippen LogP contribution < -0.4 is 0 Å². The van der Waals surface area contributed by atoms with E-state index in [9.17, 15) is 14.4 Å². The number of hydrogen-bond acceptors (Lipinski definition) is 8. The second kappa shape index (κ2) is 7.28. The Kier molecular flexibility index (Phi) is 5.10. The van der Waals surface area contributed by atoms with E-state index in [0.717, 1.165) is 5.56 Å². The maximum atomic E-state index is 12.2. The Morgan fingerprint density at radius 3 is 2.36 bits per heavy atom. The molecule has 0 spiro atoms. The molecule has 0 N–H and O–H groups in total. The summed E-state index contributed by atoms with van der Waals surface area (Å²) in [5.74, 6) is -1.39. The van der Waals surface area contributed by atoms with Crippen LogP contribution in [-0.4, -0.2) is 60.3 Å². The van der Waals surface area contributed by atoms with Gasteiger partial charge < -0.3 is 18.9 Å². The molecule has 0 radical (unpaired) electrons. The number of rotatable bonds is 5. The van der Waals surface area contributed by atoms with Crippen molar-refractivity contribution in [3.05, 3.63) is 29.6 Å². The molecule has 2 aliphatic heterocycles. The highest BCUT2D eigenvalue weighted by atomic mass is 16.7. The van der Waals surface area contributed by atoms with Gasteiger partial charge >= 0.3 is 11.9 Å². The fraction of sp³-hybridized carbons (Fsp3) is 0.529. The summed E-state index contributed by atoms with van der Waals surface area (Å²) in [4.78, 5) is 38.8. The van der Waals surface area contributed by atoms with Gasteiger partial charge in [0.05, 0.1) is 18.8 Å². The number of carbonyl (C=O) groups is 3. The number of pyridine rings is 1. The molecule has 8 heteroatoms. The van der Waals surface area contributed by atoms with Crippen molar-refractivity contribution >= 4 is 17.7 Å². The van der Waals surface area contributed by atoms with E-state index in [1.165, 1.54) is 13.1 Å². The number of carbonyl (C=O) groups excluding carboxylic acids is 3. The van der Waals surface area contributed by atoms with Gasteiger partial charge in [-0.1, -0.05) is 0 Å². The van der Waals surface area contributed by atoms with Gasteiger partial charge in [-0.3, -0.25) is 14.6 Å². The first-order valence-electron chi connectivity index (χ1n) is 7.99. The Morgan fingerprint density at radius 2 is 1.76 bits per heavy atom. The summed E-state index contributed by atoms with van der Waals surface area (Å²) >= 11 is 0. The van der Waals surface area contributed by atoms with E-state index in [-0.39, 0.29) is 25.4 Å². The SMILES string of the molecule is CC(=O)CC(=O)O[C@@H]1CO[C@H]2[C@@H]1OC[C@@H]2OC(=O)c1cncc(C)c1. The monoisotopic (exact) mass is 349 g/mol. The first kappa shape index (κ1) is 17.5.